The van der Waals surface area contributed by atoms with E-state index in [4.69, 9.17) is 4.74 Å². The summed E-state index contributed by atoms with van der Waals surface area (Å²) in [6.45, 7) is 6.53. The van der Waals surface area contributed by atoms with Crippen molar-refractivity contribution in [3.05, 3.63) is 65.2 Å². The van der Waals surface area contributed by atoms with Gasteiger partial charge in [0.1, 0.15) is 17.4 Å². The van der Waals surface area contributed by atoms with Crippen molar-refractivity contribution < 1.29 is 13.5 Å². The Labute approximate surface area is 124 Å². The zero-order valence-corrected chi connectivity index (χ0v) is 12.6. The Morgan fingerprint density at radius 2 is 1.57 bits per heavy atom. The van der Waals surface area contributed by atoms with E-state index in [0.29, 0.717) is 12.4 Å². The predicted molar refractivity (Wildman–Crippen MR) is 80.7 cm³/mol. The van der Waals surface area contributed by atoms with Crippen LogP contribution in [-0.4, -0.2) is 6.61 Å². The molecular formula is C18H20F2O. The summed E-state index contributed by atoms with van der Waals surface area (Å²) in [4.78, 5) is 0. The first-order valence-corrected chi connectivity index (χ1v) is 7.20. The number of hydrogen-bond donors (Lipinski definition) is 0. The van der Waals surface area contributed by atoms with Gasteiger partial charge in [0.2, 0.25) is 0 Å². The normalized spacial score (nSPS) is 12.5. The highest BCUT2D eigenvalue weighted by Gasteiger charge is 2.22. The molecular weight excluding hydrogens is 270 g/mol. The van der Waals surface area contributed by atoms with Crippen molar-refractivity contribution in [2.24, 2.45) is 5.92 Å². The van der Waals surface area contributed by atoms with E-state index in [1.165, 1.54) is 24.3 Å². The second-order valence-electron chi connectivity index (χ2n) is 5.39. The van der Waals surface area contributed by atoms with Gasteiger partial charge in [0.05, 0.1) is 6.61 Å². The lowest BCUT2D eigenvalue weighted by Crippen LogP contribution is -2.11. The Kier molecular flexibility index (Phi) is 4.94. The monoisotopic (exact) mass is 290 g/mol. The van der Waals surface area contributed by atoms with E-state index in [9.17, 15) is 8.78 Å². The van der Waals surface area contributed by atoms with Crippen molar-refractivity contribution >= 4 is 0 Å². The van der Waals surface area contributed by atoms with Crippen LogP contribution in [0.4, 0.5) is 8.78 Å². The van der Waals surface area contributed by atoms with E-state index in [1.807, 2.05) is 6.92 Å². The van der Waals surface area contributed by atoms with Crippen molar-refractivity contribution in [3.63, 3.8) is 0 Å². The highest BCUT2D eigenvalue weighted by molar-refractivity contribution is 5.43. The molecule has 1 nitrogen and oxygen atoms in total. The van der Waals surface area contributed by atoms with Crippen molar-refractivity contribution in [2.75, 3.05) is 6.61 Å². The SMILES string of the molecule is CCOc1cc(F)ccc1C(c1ccc(F)cc1)C(C)C. The molecule has 0 N–H and O–H groups in total. The molecule has 21 heavy (non-hydrogen) atoms. The molecule has 2 rings (SSSR count). The summed E-state index contributed by atoms with van der Waals surface area (Å²) in [7, 11) is 0. The summed E-state index contributed by atoms with van der Waals surface area (Å²) in [5, 5.41) is 0. The summed E-state index contributed by atoms with van der Waals surface area (Å²) in [5.41, 5.74) is 1.93. The van der Waals surface area contributed by atoms with Crippen molar-refractivity contribution in [2.45, 2.75) is 26.7 Å². The van der Waals surface area contributed by atoms with Crippen LogP contribution >= 0.6 is 0 Å². The Morgan fingerprint density at radius 3 is 2.14 bits per heavy atom. The summed E-state index contributed by atoms with van der Waals surface area (Å²) >= 11 is 0. The number of benzene rings is 2. The van der Waals surface area contributed by atoms with E-state index in [1.54, 1.807) is 18.2 Å². The molecule has 0 saturated heterocycles. The third kappa shape index (κ3) is 3.60. The maximum atomic E-state index is 13.5. The van der Waals surface area contributed by atoms with Gasteiger partial charge in [0.25, 0.3) is 0 Å². The van der Waals surface area contributed by atoms with Gasteiger partial charge in [-0.05, 0) is 36.6 Å². The van der Waals surface area contributed by atoms with Crippen LogP contribution in [0.5, 0.6) is 5.75 Å². The molecule has 0 aliphatic carbocycles. The van der Waals surface area contributed by atoms with Crippen LogP contribution in [0.25, 0.3) is 0 Å². The lowest BCUT2D eigenvalue weighted by Gasteiger charge is -2.24. The molecule has 0 radical (unpaired) electrons. The van der Waals surface area contributed by atoms with Crippen LogP contribution < -0.4 is 4.74 Å². The van der Waals surface area contributed by atoms with Crippen molar-refractivity contribution in [1.82, 2.24) is 0 Å². The Bertz CT molecular complexity index is 591. The van der Waals surface area contributed by atoms with Crippen LogP contribution in [0, 0.1) is 17.6 Å². The Balaban J connectivity index is 2.50. The molecule has 0 saturated carbocycles. The smallest absolute Gasteiger partial charge is 0.126 e. The molecule has 2 aromatic rings. The van der Waals surface area contributed by atoms with Crippen molar-refractivity contribution in [1.29, 1.82) is 0 Å². The lowest BCUT2D eigenvalue weighted by molar-refractivity contribution is 0.330. The van der Waals surface area contributed by atoms with Gasteiger partial charge in [-0.25, -0.2) is 8.78 Å². The van der Waals surface area contributed by atoms with Crippen LogP contribution in [-0.2, 0) is 0 Å². The number of ether oxygens (including phenoxy) is 1. The molecule has 1 unspecified atom stereocenters. The second-order valence-corrected chi connectivity index (χ2v) is 5.39. The fraction of sp³-hybridized carbons (Fsp3) is 0.333. The molecule has 2 aromatic carbocycles. The first-order valence-electron chi connectivity index (χ1n) is 7.20. The third-order valence-electron chi connectivity index (χ3n) is 3.51. The van der Waals surface area contributed by atoms with Crippen LogP contribution in [0.15, 0.2) is 42.5 Å². The fourth-order valence-electron chi connectivity index (χ4n) is 2.64. The molecule has 0 amide bonds. The Hall–Kier alpha value is -1.90. The number of rotatable bonds is 5. The highest BCUT2D eigenvalue weighted by Crippen LogP contribution is 2.37. The average Bonchev–Trinajstić information content (AvgIpc) is 2.43. The summed E-state index contributed by atoms with van der Waals surface area (Å²) in [6, 6.07) is 11.1. The van der Waals surface area contributed by atoms with Crippen molar-refractivity contribution in [3.8, 4) is 5.75 Å². The maximum absolute atomic E-state index is 13.5. The van der Waals surface area contributed by atoms with Gasteiger partial charge in [0, 0.05) is 17.5 Å². The van der Waals surface area contributed by atoms with E-state index in [0.717, 1.165) is 11.1 Å². The Morgan fingerprint density at radius 1 is 0.952 bits per heavy atom. The molecule has 0 heterocycles. The standard InChI is InChI=1S/C18H20F2O/c1-4-21-17-11-15(20)9-10-16(17)18(12(2)3)13-5-7-14(19)8-6-13/h5-12,18H,4H2,1-3H3. The lowest BCUT2D eigenvalue weighted by atomic mass is 9.82. The molecule has 0 fully saturated rings. The van der Waals surface area contributed by atoms with E-state index in [-0.39, 0.29) is 23.5 Å². The number of hydrogen-bond acceptors (Lipinski definition) is 1. The quantitative estimate of drug-likeness (QED) is 0.740. The summed E-state index contributed by atoms with van der Waals surface area (Å²) in [5.74, 6) is 0.294. The van der Waals surface area contributed by atoms with Crippen LogP contribution in [0.1, 0.15) is 37.8 Å². The van der Waals surface area contributed by atoms with Gasteiger partial charge in [-0.1, -0.05) is 32.0 Å². The van der Waals surface area contributed by atoms with Gasteiger partial charge in [-0.15, -0.1) is 0 Å². The van der Waals surface area contributed by atoms with E-state index in [2.05, 4.69) is 13.8 Å². The van der Waals surface area contributed by atoms with Crippen LogP contribution in [0.3, 0.4) is 0 Å². The van der Waals surface area contributed by atoms with Gasteiger partial charge in [-0.2, -0.15) is 0 Å². The minimum absolute atomic E-state index is 0.0350. The topological polar surface area (TPSA) is 9.23 Å². The molecule has 0 aliphatic heterocycles. The zero-order valence-electron chi connectivity index (χ0n) is 12.6. The van der Waals surface area contributed by atoms with Gasteiger partial charge >= 0.3 is 0 Å². The molecule has 112 valence electrons. The van der Waals surface area contributed by atoms with Gasteiger partial charge in [0.15, 0.2) is 0 Å². The minimum atomic E-state index is -0.316. The molecule has 0 aromatic heterocycles. The van der Waals surface area contributed by atoms with Gasteiger partial charge < -0.3 is 4.74 Å². The first kappa shape index (κ1) is 15.5. The predicted octanol–water partition coefficient (Wildman–Crippen LogP) is 5.15. The van der Waals surface area contributed by atoms with Crippen LogP contribution in [0.2, 0.25) is 0 Å². The second kappa shape index (κ2) is 6.70. The highest BCUT2D eigenvalue weighted by atomic mass is 19.1. The molecule has 1 atom stereocenters. The largest absolute Gasteiger partial charge is 0.493 e. The number of halogens is 2. The third-order valence-corrected chi connectivity index (χ3v) is 3.51. The molecule has 3 heteroatoms. The average molecular weight is 290 g/mol. The van der Waals surface area contributed by atoms with E-state index < -0.39 is 0 Å². The fourth-order valence-corrected chi connectivity index (χ4v) is 2.64. The zero-order chi connectivity index (χ0) is 15.4. The molecule has 0 bridgehead atoms. The molecule has 0 spiro atoms. The van der Waals surface area contributed by atoms with E-state index >= 15 is 0 Å². The summed E-state index contributed by atoms with van der Waals surface area (Å²) < 4.78 is 32.2. The summed E-state index contributed by atoms with van der Waals surface area (Å²) in [6.07, 6.45) is 0. The molecule has 0 aliphatic rings. The first-order chi connectivity index (χ1) is 10.0. The van der Waals surface area contributed by atoms with Gasteiger partial charge in [-0.3, -0.25) is 0 Å². The minimum Gasteiger partial charge on any atom is -0.493 e. The maximum Gasteiger partial charge on any atom is 0.126 e.